The number of aryl methyl sites for hydroxylation is 1. The fourth-order valence-corrected chi connectivity index (χ4v) is 3.64. The Labute approximate surface area is 127 Å². The highest BCUT2D eigenvalue weighted by atomic mass is 16.5. The van der Waals surface area contributed by atoms with Gasteiger partial charge in [-0.1, -0.05) is 25.5 Å². The number of hydrogen-bond acceptors (Lipinski definition) is 4. The summed E-state index contributed by atoms with van der Waals surface area (Å²) in [6.07, 6.45) is 4.60. The van der Waals surface area contributed by atoms with Gasteiger partial charge >= 0.3 is 0 Å². The van der Waals surface area contributed by atoms with Gasteiger partial charge in [-0.15, -0.1) is 0 Å². The van der Waals surface area contributed by atoms with Crippen LogP contribution in [0.2, 0.25) is 0 Å². The minimum atomic E-state index is 0.00988. The van der Waals surface area contributed by atoms with E-state index in [0.717, 1.165) is 44.5 Å². The van der Waals surface area contributed by atoms with Crippen molar-refractivity contribution in [2.24, 2.45) is 10.7 Å². The minimum absolute atomic E-state index is 0.00988. The van der Waals surface area contributed by atoms with E-state index in [9.17, 15) is 0 Å². The molecule has 0 amide bonds. The van der Waals surface area contributed by atoms with Gasteiger partial charge in [0.2, 0.25) is 0 Å². The Morgan fingerprint density at radius 2 is 2.33 bits per heavy atom. The van der Waals surface area contributed by atoms with Crippen LogP contribution in [0.1, 0.15) is 38.2 Å². The lowest BCUT2D eigenvalue weighted by Crippen LogP contribution is -2.56. The summed E-state index contributed by atoms with van der Waals surface area (Å²) < 4.78 is 5.93. The molecule has 1 fully saturated rings. The van der Waals surface area contributed by atoms with Crippen molar-refractivity contribution in [1.82, 2.24) is 0 Å². The van der Waals surface area contributed by atoms with Crippen LogP contribution in [0, 0.1) is 6.92 Å². The largest absolute Gasteiger partial charge is 0.378 e. The molecule has 0 radical (unpaired) electrons. The fourth-order valence-electron chi connectivity index (χ4n) is 3.64. The molecular formula is C17H25N3O. The average Bonchev–Trinajstić information content (AvgIpc) is 2.76. The number of hydrogen-bond donors (Lipinski definition) is 1. The standard InChI is InChI=1S/C17H25N3O/c1-3-5-15-11-17(8-9-21-15)12-19-16(18)20(17)14-7-4-6-13(2)10-14/h4,6-7,10,15H,3,5,8-9,11-12H2,1-2H3,(H2,18,19). The lowest BCUT2D eigenvalue weighted by Gasteiger charge is -2.44. The first-order valence-corrected chi connectivity index (χ1v) is 7.93. The Hall–Kier alpha value is -1.55. The molecule has 21 heavy (non-hydrogen) atoms. The third-order valence-electron chi connectivity index (χ3n) is 4.64. The van der Waals surface area contributed by atoms with Crippen LogP contribution in [-0.4, -0.2) is 30.8 Å². The SMILES string of the molecule is CCCC1CC2(CCO1)CN=C(N)N2c1cccc(C)c1. The van der Waals surface area contributed by atoms with Crippen molar-refractivity contribution in [1.29, 1.82) is 0 Å². The van der Waals surface area contributed by atoms with Gasteiger partial charge in [-0.3, -0.25) is 4.99 Å². The second kappa shape index (κ2) is 5.68. The topological polar surface area (TPSA) is 50.9 Å². The number of nitrogens with zero attached hydrogens (tertiary/aromatic N) is 2. The van der Waals surface area contributed by atoms with Crippen LogP contribution in [0.4, 0.5) is 5.69 Å². The zero-order valence-corrected chi connectivity index (χ0v) is 13.0. The van der Waals surface area contributed by atoms with Crippen molar-refractivity contribution >= 4 is 11.6 Å². The van der Waals surface area contributed by atoms with Gasteiger partial charge in [0.05, 0.1) is 18.2 Å². The molecule has 2 heterocycles. The minimum Gasteiger partial charge on any atom is -0.378 e. The maximum absolute atomic E-state index is 6.22. The molecule has 0 saturated carbocycles. The van der Waals surface area contributed by atoms with Crippen molar-refractivity contribution in [2.45, 2.75) is 51.2 Å². The van der Waals surface area contributed by atoms with Gasteiger partial charge in [0.1, 0.15) is 0 Å². The van der Waals surface area contributed by atoms with E-state index in [1.54, 1.807) is 0 Å². The third kappa shape index (κ3) is 2.64. The summed E-state index contributed by atoms with van der Waals surface area (Å²) in [6.45, 7) is 5.91. The van der Waals surface area contributed by atoms with E-state index >= 15 is 0 Å². The molecule has 1 saturated heterocycles. The van der Waals surface area contributed by atoms with E-state index in [2.05, 4.69) is 48.0 Å². The van der Waals surface area contributed by atoms with Crippen molar-refractivity contribution in [2.75, 3.05) is 18.1 Å². The summed E-state index contributed by atoms with van der Waals surface area (Å²) in [5, 5.41) is 0. The van der Waals surface area contributed by atoms with Crippen LogP contribution in [-0.2, 0) is 4.74 Å². The summed E-state index contributed by atoms with van der Waals surface area (Å²) in [7, 11) is 0. The molecule has 2 aliphatic rings. The van der Waals surface area contributed by atoms with Crippen LogP contribution in [0.15, 0.2) is 29.3 Å². The molecule has 114 valence electrons. The summed E-state index contributed by atoms with van der Waals surface area (Å²) >= 11 is 0. The molecule has 2 atom stereocenters. The van der Waals surface area contributed by atoms with Crippen molar-refractivity contribution in [3.8, 4) is 0 Å². The van der Waals surface area contributed by atoms with E-state index in [-0.39, 0.29) is 5.54 Å². The van der Waals surface area contributed by atoms with Crippen LogP contribution in [0.5, 0.6) is 0 Å². The van der Waals surface area contributed by atoms with Gasteiger partial charge in [0, 0.05) is 12.3 Å². The van der Waals surface area contributed by atoms with E-state index in [4.69, 9.17) is 10.5 Å². The van der Waals surface area contributed by atoms with Crippen molar-refractivity contribution in [3.63, 3.8) is 0 Å². The van der Waals surface area contributed by atoms with Crippen LogP contribution in [0.25, 0.3) is 0 Å². The summed E-state index contributed by atoms with van der Waals surface area (Å²) in [6, 6.07) is 8.53. The normalized spacial score (nSPS) is 29.0. The van der Waals surface area contributed by atoms with Crippen LogP contribution >= 0.6 is 0 Å². The average molecular weight is 287 g/mol. The highest BCUT2D eigenvalue weighted by Crippen LogP contribution is 2.39. The zero-order valence-electron chi connectivity index (χ0n) is 13.0. The first-order chi connectivity index (χ1) is 10.1. The highest BCUT2D eigenvalue weighted by molar-refractivity contribution is 5.98. The molecule has 0 aromatic heterocycles. The lowest BCUT2D eigenvalue weighted by atomic mass is 9.84. The predicted molar refractivity (Wildman–Crippen MR) is 86.8 cm³/mol. The monoisotopic (exact) mass is 287 g/mol. The van der Waals surface area contributed by atoms with E-state index in [1.165, 1.54) is 5.56 Å². The quantitative estimate of drug-likeness (QED) is 0.930. The Kier molecular flexibility index (Phi) is 3.89. The number of anilines is 1. The van der Waals surface area contributed by atoms with Crippen LogP contribution in [0.3, 0.4) is 0 Å². The predicted octanol–water partition coefficient (Wildman–Crippen LogP) is 2.85. The van der Waals surface area contributed by atoms with Gasteiger partial charge < -0.3 is 15.4 Å². The molecule has 2 unspecified atom stereocenters. The maximum Gasteiger partial charge on any atom is 0.196 e. The van der Waals surface area contributed by atoms with E-state index < -0.39 is 0 Å². The Balaban J connectivity index is 1.91. The van der Waals surface area contributed by atoms with Gasteiger partial charge in [0.25, 0.3) is 0 Å². The zero-order chi connectivity index (χ0) is 14.9. The molecule has 1 spiro atoms. The molecular weight excluding hydrogens is 262 g/mol. The number of aliphatic imine (C=N–C) groups is 1. The molecule has 0 bridgehead atoms. The van der Waals surface area contributed by atoms with Crippen LogP contribution < -0.4 is 10.6 Å². The first-order valence-electron chi connectivity index (χ1n) is 7.93. The van der Waals surface area contributed by atoms with Crippen molar-refractivity contribution in [3.05, 3.63) is 29.8 Å². The number of rotatable bonds is 3. The molecule has 0 aliphatic carbocycles. The van der Waals surface area contributed by atoms with Gasteiger partial charge in [-0.25, -0.2) is 0 Å². The maximum atomic E-state index is 6.22. The second-order valence-corrected chi connectivity index (χ2v) is 6.31. The van der Waals surface area contributed by atoms with Gasteiger partial charge in [0.15, 0.2) is 5.96 Å². The van der Waals surface area contributed by atoms with Gasteiger partial charge in [-0.05, 0) is 43.9 Å². The molecule has 1 aromatic carbocycles. The number of nitrogens with two attached hydrogens (primary N) is 1. The Bertz CT molecular complexity index is 541. The van der Waals surface area contributed by atoms with E-state index in [0.29, 0.717) is 12.1 Å². The second-order valence-electron chi connectivity index (χ2n) is 6.31. The smallest absolute Gasteiger partial charge is 0.196 e. The molecule has 4 nitrogen and oxygen atoms in total. The molecule has 2 aliphatic heterocycles. The summed E-state index contributed by atoms with van der Waals surface area (Å²) in [5.74, 6) is 0.651. The Morgan fingerprint density at radius 1 is 1.48 bits per heavy atom. The first kappa shape index (κ1) is 14.4. The molecule has 3 rings (SSSR count). The Morgan fingerprint density at radius 3 is 3.10 bits per heavy atom. The number of guanidine groups is 1. The summed E-state index contributed by atoms with van der Waals surface area (Å²) in [5.41, 5.74) is 8.64. The number of benzene rings is 1. The molecule has 2 N–H and O–H groups in total. The lowest BCUT2D eigenvalue weighted by molar-refractivity contribution is -0.0180. The highest BCUT2D eigenvalue weighted by Gasteiger charge is 2.46. The van der Waals surface area contributed by atoms with E-state index in [1.807, 2.05) is 0 Å². The summed E-state index contributed by atoms with van der Waals surface area (Å²) in [4.78, 5) is 6.82. The third-order valence-corrected chi connectivity index (χ3v) is 4.64. The molecule has 1 aromatic rings. The van der Waals surface area contributed by atoms with Crippen molar-refractivity contribution < 1.29 is 4.74 Å². The number of ether oxygens (including phenoxy) is 1. The fraction of sp³-hybridized carbons (Fsp3) is 0.588. The van der Waals surface area contributed by atoms with Gasteiger partial charge in [-0.2, -0.15) is 0 Å². The molecule has 4 heteroatoms.